The van der Waals surface area contributed by atoms with Crippen LogP contribution in [0.1, 0.15) is 70.3 Å². The summed E-state index contributed by atoms with van der Waals surface area (Å²) >= 11 is 6.14. The maximum atomic E-state index is 14.4. The maximum Gasteiger partial charge on any atom is 0.161 e. The first-order valence-electron chi connectivity index (χ1n) is 12.5. The van der Waals surface area contributed by atoms with Crippen LogP contribution in [0.3, 0.4) is 0 Å². The first kappa shape index (κ1) is 22.8. The number of hydrogen-bond donors (Lipinski definition) is 1. The second kappa shape index (κ2) is 10.1. The molecule has 0 bridgehead atoms. The molecule has 1 heterocycles. The molecule has 2 aliphatic carbocycles. The minimum absolute atomic E-state index is 0.132. The monoisotopic (exact) mass is 471 g/mol. The highest BCUT2D eigenvalue weighted by Crippen LogP contribution is 2.38. The lowest BCUT2D eigenvalue weighted by atomic mass is 9.83. The summed E-state index contributed by atoms with van der Waals surface area (Å²) in [6.07, 6.45) is 12.3. The fourth-order valence-electron chi connectivity index (χ4n) is 5.81. The van der Waals surface area contributed by atoms with Gasteiger partial charge in [-0.2, -0.15) is 0 Å². The molecule has 0 aliphatic heterocycles. The van der Waals surface area contributed by atoms with Crippen molar-refractivity contribution in [1.29, 1.82) is 0 Å². The largest absolute Gasteiger partial charge is 0.319 e. The van der Waals surface area contributed by atoms with Crippen LogP contribution < -0.4 is 5.32 Å². The molecule has 3 aromatic rings. The third kappa shape index (κ3) is 4.95. The molecule has 0 spiro atoms. The molecule has 6 heteroatoms. The number of imidazole rings is 1. The summed E-state index contributed by atoms with van der Waals surface area (Å²) in [5.74, 6) is -0.447. The van der Waals surface area contributed by atoms with Gasteiger partial charge >= 0.3 is 0 Å². The Labute approximate surface area is 199 Å². The summed E-state index contributed by atoms with van der Waals surface area (Å²) < 4.78 is 30.8. The average molecular weight is 472 g/mol. The fourth-order valence-corrected chi connectivity index (χ4v) is 5.94. The van der Waals surface area contributed by atoms with Gasteiger partial charge in [-0.05, 0) is 55.9 Å². The van der Waals surface area contributed by atoms with Gasteiger partial charge in [0.05, 0.1) is 17.1 Å². The molecule has 1 aromatic heterocycles. The summed E-state index contributed by atoms with van der Waals surface area (Å²) in [6.45, 7) is 0.820. The van der Waals surface area contributed by atoms with E-state index < -0.39 is 11.6 Å². The molecule has 0 radical (unpaired) electrons. The van der Waals surface area contributed by atoms with Crippen LogP contribution in [0.15, 0.2) is 36.4 Å². The number of nitrogens with zero attached hydrogens (tertiary/aromatic N) is 2. The Morgan fingerprint density at radius 2 is 1.55 bits per heavy atom. The number of halogens is 3. The molecule has 33 heavy (non-hydrogen) atoms. The normalized spacial score (nSPS) is 19.2. The molecular weight excluding hydrogens is 440 g/mol. The van der Waals surface area contributed by atoms with Gasteiger partial charge in [0, 0.05) is 35.3 Å². The predicted octanol–water partition coefficient (Wildman–Crippen LogP) is 7.68. The van der Waals surface area contributed by atoms with Crippen LogP contribution in [0.25, 0.3) is 22.4 Å². The first-order chi connectivity index (χ1) is 16.1. The van der Waals surface area contributed by atoms with Crippen LogP contribution in [-0.2, 0) is 0 Å². The summed E-state index contributed by atoms with van der Waals surface area (Å²) in [4.78, 5) is 4.81. The van der Waals surface area contributed by atoms with Crippen molar-refractivity contribution >= 4 is 22.6 Å². The molecule has 1 unspecified atom stereocenters. The predicted molar refractivity (Wildman–Crippen MR) is 131 cm³/mol. The highest BCUT2D eigenvalue weighted by Gasteiger charge is 2.30. The van der Waals surface area contributed by atoms with Crippen molar-refractivity contribution < 1.29 is 8.78 Å². The van der Waals surface area contributed by atoms with Gasteiger partial charge in [0.25, 0.3) is 0 Å². The van der Waals surface area contributed by atoms with Crippen LogP contribution in [0.4, 0.5) is 8.78 Å². The molecule has 176 valence electrons. The summed E-state index contributed by atoms with van der Waals surface area (Å²) in [7, 11) is 0. The molecule has 2 saturated carbocycles. The van der Waals surface area contributed by atoms with Gasteiger partial charge in [0.1, 0.15) is 5.82 Å². The number of nitrogens with one attached hydrogen (secondary N) is 1. The van der Waals surface area contributed by atoms with E-state index in [1.54, 1.807) is 0 Å². The Kier molecular flexibility index (Phi) is 6.98. The number of benzene rings is 2. The number of rotatable bonds is 6. The van der Waals surface area contributed by atoms with Gasteiger partial charge in [-0.25, -0.2) is 13.8 Å². The fraction of sp³-hybridized carbons (Fsp3) is 0.519. The molecule has 1 N–H and O–H groups in total. The Morgan fingerprint density at radius 3 is 2.24 bits per heavy atom. The zero-order valence-electron chi connectivity index (χ0n) is 19.0. The number of hydrogen-bond acceptors (Lipinski definition) is 2. The second-order valence-electron chi connectivity index (χ2n) is 9.78. The molecule has 0 saturated heterocycles. The minimum atomic E-state index is -0.857. The first-order valence-corrected chi connectivity index (χ1v) is 12.8. The van der Waals surface area contributed by atoms with Gasteiger partial charge in [0.2, 0.25) is 0 Å². The molecule has 2 aromatic carbocycles. The van der Waals surface area contributed by atoms with E-state index in [2.05, 4.69) is 9.88 Å². The van der Waals surface area contributed by atoms with E-state index in [1.165, 1.54) is 63.5 Å². The number of fused-ring (bicyclic) bond motifs is 1. The molecule has 0 amide bonds. The quantitative estimate of drug-likeness (QED) is 0.399. The lowest BCUT2D eigenvalue weighted by Crippen LogP contribution is -2.38. The van der Waals surface area contributed by atoms with E-state index in [-0.39, 0.29) is 6.04 Å². The molecule has 5 rings (SSSR count). The van der Waals surface area contributed by atoms with Crippen molar-refractivity contribution in [2.45, 2.75) is 76.3 Å². The maximum absolute atomic E-state index is 14.4. The van der Waals surface area contributed by atoms with Gasteiger partial charge in [-0.1, -0.05) is 50.1 Å². The smallest absolute Gasteiger partial charge is 0.161 e. The van der Waals surface area contributed by atoms with Crippen molar-refractivity contribution in [1.82, 2.24) is 14.9 Å². The standard InChI is InChI=1S/C27H32ClF2N3/c28-20-13-11-19(12-14-20)27-32-24-15-22(29)23(30)16-25(24)33(27)26(18-7-3-1-4-8-18)17-31-21-9-5-2-6-10-21/h11-16,18,21,26,31H,1-10,17H2. The Hall–Kier alpha value is -1.98. The van der Waals surface area contributed by atoms with E-state index in [4.69, 9.17) is 16.6 Å². The van der Waals surface area contributed by atoms with Crippen molar-refractivity contribution in [2.75, 3.05) is 6.54 Å². The minimum Gasteiger partial charge on any atom is -0.319 e. The van der Waals surface area contributed by atoms with Gasteiger partial charge in [-0.15, -0.1) is 0 Å². The SMILES string of the molecule is Fc1cc2nc(-c3ccc(Cl)cc3)n(C(CNC3CCCCC3)C3CCCCC3)c2cc1F. The van der Waals surface area contributed by atoms with E-state index >= 15 is 0 Å². The van der Waals surface area contributed by atoms with Crippen molar-refractivity contribution in [3.05, 3.63) is 53.1 Å². The molecule has 1 atom stereocenters. The van der Waals surface area contributed by atoms with Crippen molar-refractivity contribution in [3.8, 4) is 11.4 Å². The summed E-state index contributed by atoms with van der Waals surface area (Å²) in [5.41, 5.74) is 2.08. The topological polar surface area (TPSA) is 29.9 Å². The molecule has 3 nitrogen and oxygen atoms in total. The van der Waals surface area contributed by atoms with E-state index in [9.17, 15) is 8.78 Å². The zero-order valence-corrected chi connectivity index (χ0v) is 19.8. The highest BCUT2D eigenvalue weighted by atomic mass is 35.5. The Bertz CT molecular complexity index is 1080. The van der Waals surface area contributed by atoms with Crippen LogP contribution in [0.5, 0.6) is 0 Å². The van der Waals surface area contributed by atoms with Crippen LogP contribution in [0, 0.1) is 17.6 Å². The lowest BCUT2D eigenvalue weighted by molar-refractivity contribution is 0.234. The van der Waals surface area contributed by atoms with E-state index in [0.29, 0.717) is 28.0 Å². The van der Waals surface area contributed by atoms with Gasteiger partial charge in [-0.3, -0.25) is 0 Å². The molecular formula is C27H32ClF2N3. The lowest BCUT2D eigenvalue weighted by Gasteiger charge is -2.35. The van der Waals surface area contributed by atoms with Crippen molar-refractivity contribution in [3.63, 3.8) is 0 Å². The van der Waals surface area contributed by atoms with E-state index in [0.717, 1.165) is 30.8 Å². The summed E-state index contributed by atoms with van der Waals surface area (Å²) in [5, 5.41) is 4.50. The zero-order chi connectivity index (χ0) is 22.8. The highest BCUT2D eigenvalue weighted by molar-refractivity contribution is 6.30. The van der Waals surface area contributed by atoms with Crippen LogP contribution >= 0.6 is 11.6 Å². The Balaban J connectivity index is 1.60. The molecule has 2 fully saturated rings. The average Bonchev–Trinajstić information content (AvgIpc) is 3.19. The molecule has 2 aliphatic rings. The van der Waals surface area contributed by atoms with Crippen molar-refractivity contribution in [2.24, 2.45) is 5.92 Å². The number of aromatic nitrogens is 2. The van der Waals surface area contributed by atoms with Gasteiger partial charge in [0.15, 0.2) is 11.6 Å². The third-order valence-electron chi connectivity index (χ3n) is 7.58. The van der Waals surface area contributed by atoms with Gasteiger partial charge < -0.3 is 9.88 Å². The third-order valence-corrected chi connectivity index (χ3v) is 7.83. The second-order valence-corrected chi connectivity index (χ2v) is 10.2. The van der Waals surface area contributed by atoms with Crippen LogP contribution in [0.2, 0.25) is 5.02 Å². The van der Waals surface area contributed by atoms with Crippen LogP contribution in [-0.4, -0.2) is 22.1 Å². The van der Waals surface area contributed by atoms with E-state index in [1.807, 2.05) is 24.3 Å². The Morgan fingerprint density at radius 1 is 0.909 bits per heavy atom. The summed E-state index contributed by atoms with van der Waals surface area (Å²) in [6, 6.07) is 10.8.